The number of carbonyl (C=O) groups excluding carboxylic acids is 1. The molecule has 1 heterocycles. The van der Waals surface area contributed by atoms with Gasteiger partial charge in [-0.1, -0.05) is 0 Å². The third kappa shape index (κ3) is 2.49. The summed E-state index contributed by atoms with van der Waals surface area (Å²) in [6.07, 6.45) is 2.92. The van der Waals surface area contributed by atoms with Crippen LogP contribution in [0.1, 0.15) is 29.8 Å². The largest absolute Gasteiger partial charge is 0.399 e. The van der Waals surface area contributed by atoms with Gasteiger partial charge in [0, 0.05) is 29.7 Å². The normalized spacial score (nSPS) is 16.2. The van der Waals surface area contributed by atoms with Gasteiger partial charge >= 0.3 is 0 Å². The van der Waals surface area contributed by atoms with Crippen LogP contribution >= 0.6 is 0 Å². The number of hydrogen-bond donors (Lipinski definition) is 4. The molecular formula is C15H19N3O2. The lowest BCUT2D eigenvalue weighted by atomic mass is 10.0. The van der Waals surface area contributed by atoms with Crippen molar-refractivity contribution >= 4 is 22.5 Å². The number of amides is 1. The molecule has 0 bridgehead atoms. The van der Waals surface area contributed by atoms with Crippen LogP contribution in [-0.2, 0) is 0 Å². The Hall–Kier alpha value is -2.01. The Morgan fingerprint density at radius 3 is 2.90 bits per heavy atom. The molecule has 3 rings (SSSR count). The van der Waals surface area contributed by atoms with Gasteiger partial charge in [0.2, 0.25) is 0 Å². The Morgan fingerprint density at radius 2 is 2.20 bits per heavy atom. The maximum atomic E-state index is 12.1. The highest BCUT2D eigenvalue weighted by molar-refractivity contribution is 5.98. The number of fused-ring (bicyclic) bond motifs is 1. The third-order valence-electron chi connectivity index (χ3n) is 4.11. The zero-order valence-electron chi connectivity index (χ0n) is 11.3. The van der Waals surface area contributed by atoms with E-state index in [9.17, 15) is 4.79 Å². The zero-order valence-corrected chi connectivity index (χ0v) is 11.3. The fourth-order valence-electron chi connectivity index (χ4n) is 2.57. The smallest absolute Gasteiger partial charge is 0.267 e. The maximum Gasteiger partial charge on any atom is 0.267 e. The van der Waals surface area contributed by atoms with Gasteiger partial charge in [-0.15, -0.1) is 0 Å². The first-order valence-electron chi connectivity index (χ1n) is 6.89. The molecular weight excluding hydrogens is 254 g/mol. The van der Waals surface area contributed by atoms with Gasteiger partial charge in [0.15, 0.2) is 0 Å². The first-order chi connectivity index (χ1) is 9.62. The molecule has 1 saturated carbocycles. The fourth-order valence-corrected chi connectivity index (χ4v) is 2.57. The van der Waals surface area contributed by atoms with Gasteiger partial charge < -0.3 is 21.1 Å². The standard InChI is InChI=1S/C15H19N3O2/c16-11-1-2-12-10(7-11)8-13(18-12)14(20)17-9-15(3-4-15)5-6-19/h1-2,7-8,18-19H,3-6,9,16H2,(H,17,20). The number of aromatic nitrogens is 1. The average Bonchev–Trinajstić information content (AvgIpc) is 3.06. The second-order valence-corrected chi connectivity index (χ2v) is 5.69. The third-order valence-corrected chi connectivity index (χ3v) is 4.11. The molecule has 0 radical (unpaired) electrons. The Balaban J connectivity index is 1.69. The molecule has 5 heteroatoms. The zero-order chi connectivity index (χ0) is 14.2. The van der Waals surface area contributed by atoms with Crippen molar-refractivity contribution in [2.24, 2.45) is 5.41 Å². The second kappa shape index (κ2) is 4.83. The molecule has 20 heavy (non-hydrogen) atoms. The number of hydrogen-bond acceptors (Lipinski definition) is 3. The van der Waals surface area contributed by atoms with E-state index in [1.165, 1.54) is 0 Å². The van der Waals surface area contributed by atoms with Crippen LogP contribution < -0.4 is 11.1 Å². The Labute approximate surface area is 117 Å². The lowest BCUT2D eigenvalue weighted by molar-refractivity contribution is 0.0936. The topological polar surface area (TPSA) is 91.1 Å². The molecule has 1 aliphatic rings. The van der Waals surface area contributed by atoms with E-state index in [0.717, 1.165) is 30.2 Å². The van der Waals surface area contributed by atoms with Crippen LogP contribution in [0.25, 0.3) is 10.9 Å². The van der Waals surface area contributed by atoms with E-state index in [1.54, 1.807) is 6.07 Å². The van der Waals surface area contributed by atoms with Crippen LogP contribution in [0.15, 0.2) is 24.3 Å². The van der Waals surface area contributed by atoms with Crippen molar-refractivity contribution in [3.8, 4) is 0 Å². The number of nitrogen functional groups attached to an aromatic ring is 1. The predicted octanol–water partition coefficient (Wildman–Crippen LogP) is 1.64. The van der Waals surface area contributed by atoms with Crippen molar-refractivity contribution in [3.63, 3.8) is 0 Å². The van der Waals surface area contributed by atoms with Gasteiger partial charge in [-0.3, -0.25) is 4.79 Å². The molecule has 0 aliphatic heterocycles. The molecule has 1 amide bonds. The summed E-state index contributed by atoms with van der Waals surface area (Å²) in [6, 6.07) is 7.33. The van der Waals surface area contributed by atoms with Crippen molar-refractivity contribution in [1.82, 2.24) is 10.3 Å². The van der Waals surface area contributed by atoms with E-state index in [1.807, 2.05) is 18.2 Å². The van der Waals surface area contributed by atoms with Crippen LogP contribution in [0.2, 0.25) is 0 Å². The van der Waals surface area contributed by atoms with Crippen LogP contribution in [0.3, 0.4) is 0 Å². The summed E-state index contributed by atoms with van der Waals surface area (Å²) in [7, 11) is 0. The molecule has 2 aromatic rings. The number of nitrogens with one attached hydrogen (secondary N) is 2. The van der Waals surface area contributed by atoms with E-state index in [-0.39, 0.29) is 17.9 Å². The molecule has 1 fully saturated rings. The average molecular weight is 273 g/mol. The number of rotatable bonds is 5. The first-order valence-corrected chi connectivity index (χ1v) is 6.89. The highest BCUT2D eigenvalue weighted by Crippen LogP contribution is 2.47. The number of anilines is 1. The molecule has 5 nitrogen and oxygen atoms in total. The summed E-state index contributed by atoms with van der Waals surface area (Å²) in [5.74, 6) is -0.107. The van der Waals surface area contributed by atoms with Gasteiger partial charge in [0.1, 0.15) is 5.69 Å². The first kappa shape index (κ1) is 13.0. The summed E-state index contributed by atoms with van der Waals surface area (Å²) in [5, 5.41) is 12.9. The molecule has 0 atom stereocenters. The summed E-state index contributed by atoms with van der Waals surface area (Å²) in [5.41, 5.74) is 7.99. The van der Waals surface area contributed by atoms with Crippen molar-refractivity contribution in [1.29, 1.82) is 0 Å². The van der Waals surface area contributed by atoms with Crippen molar-refractivity contribution in [2.45, 2.75) is 19.3 Å². The van der Waals surface area contributed by atoms with E-state index in [0.29, 0.717) is 17.9 Å². The number of aliphatic hydroxyl groups excluding tert-OH is 1. The predicted molar refractivity (Wildman–Crippen MR) is 78.4 cm³/mol. The molecule has 0 saturated heterocycles. The van der Waals surface area contributed by atoms with Crippen LogP contribution in [0.4, 0.5) is 5.69 Å². The number of benzene rings is 1. The Kier molecular flexibility index (Phi) is 3.14. The highest BCUT2D eigenvalue weighted by atomic mass is 16.3. The molecule has 0 unspecified atom stereocenters. The maximum absolute atomic E-state index is 12.1. The van der Waals surface area contributed by atoms with Crippen LogP contribution in [-0.4, -0.2) is 29.1 Å². The lowest BCUT2D eigenvalue weighted by Gasteiger charge is -2.13. The van der Waals surface area contributed by atoms with Crippen molar-refractivity contribution in [3.05, 3.63) is 30.0 Å². The fraction of sp³-hybridized carbons (Fsp3) is 0.400. The number of carbonyl (C=O) groups is 1. The highest BCUT2D eigenvalue weighted by Gasteiger charge is 2.41. The van der Waals surface area contributed by atoms with Crippen molar-refractivity contribution < 1.29 is 9.90 Å². The summed E-state index contributed by atoms with van der Waals surface area (Å²) >= 11 is 0. The number of aliphatic hydroxyl groups is 1. The molecule has 0 spiro atoms. The van der Waals surface area contributed by atoms with Gasteiger partial charge in [-0.25, -0.2) is 0 Å². The van der Waals surface area contributed by atoms with Gasteiger partial charge in [0.05, 0.1) is 0 Å². The minimum atomic E-state index is -0.107. The SMILES string of the molecule is Nc1ccc2[nH]c(C(=O)NCC3(CCO)CC3)cc2c1. The van der Waals surface area contributed by atoms with Gasteiger partial charge in [-0.2, -0.15) is 0 Å². The molecule has 1 aromatic carbocycles. The number of H-pyrrole nitrogens is 1. The minimum absolute atomic E-state index is 0.107. The molecule has 5 N–H and O–H groups in total. The Morgan fingerprint density at radius 1 is 1.40 bits per heavy atom. The van der Waals surface area contributed by atoms with Gasteiger partial charge in [0.25, 0.3) is 5.91 Å². The quantitative estimate of drug-likeness (QED) is 0.624. The second-order valence-electron chi connectivity index (χ2n) is 5.69. The number of aromatic amines is 1. The van der Waals surface area contributed by atoms with E-state index >= 15 is 0 Å². The van der Waals surface area contributed by atoms with Crippen LogP contribution in [0, 0.1) is 5.41 Å². The monoisotopic (exact) mass is 273 g/mol. The van der Waals surface area contributed by atoms with E-state index < -0.39 is 0 Å². The van der Waals surface area contributed by atoms with Gasteiger partial charge in [-0.05, 0) is 48.9 Å². The summed E-state index contributed by atoms with van der Waals surface area (Å²) in [4.78, 5) is 15.2. The summed E-state index contributed by atoms with van der Waals surface area (Å²) in [6.45, 7) is 0.811. The molecule has 1 aliphatic carbocycles. The molecule has 106 valence electrons. The Bertz CT molecular complexity index is 644. The van der Waals surface area contributed by atoms with Crippen LogP contribution in [0.5, 0.6) is 0 Å². The minimum Gasteiger partial charge on any atom is -0.399 e. The lowest BCUT2D eigenvalue weighted by Crippen LogP contribution is -2.30. The summed E-state index contributed by atoms with van der Waals surface area (Å²) < 4.78 is 0. The molecule has 1 aromatic heterocycles. The van der Waals surface area contributed by atoms with Crippen molar-refractivity contribution in [2.75, 3.05) is 18.9 Å². The van der Waals surface area contributed by atoms with E-state index in [4.69, 9.17) is 10.8 Å². The van der Waals surface area contributed by atoms with E-state index in [2.05, 4.69) is 10.3 Å². The number of nitrogens with two attached hydrogens (primary N) is 1.